The molecular formula is C14H15N5O3. The van der Waals surface area contributed by atoms with Gasteiger partial charge < -0.3 is 20.8 Å². The highest BCUT2D eigenvalue weighted by Gasteiger charge is 2.24. The number of carbonyl (C=O) groups is 1. The van der Waals surface area contributed by atoms with Crippen molar-refractivity contribution in [2.45, 2.75) is 6.92 Å². The van der Waals surface area contributed by atoms with Gasteiger partial charge in [0.05, 0.1) is 17.1 Å². The maximum absolute atomic E-state index is 12.4. The molecule has 0 bridgehead atoms. The van der Waals surface area contributed by atoms with E-state index in [4.69, 9.17) is 0 Å². The quantitative estimate of drug-likeness (QED) is 0.621. The van der Waals surface area contributed by atoms with E-state index in [2.05, 4.69) is 20.6 Å². The lowest BCUT2D eigenvalue weighted by molar-refractivity contribution is 0.102. The first-order valence-corrected chi connectivity index (χ1v) is 6.66. The number of carbonyl (C=O) groups excluding carboxylic acids is 1. The second kappa shape index (κ2) is 5.58. The summed E-state index contributed by atoms with van der Waals surface area (Å²) in [6.07, 6.45) is 0. The van der Waals surface area contributed by atoms with Gasteiger partial charge in [-0.2, -0.15) is 4.98 Å². The zero-order valence-corrected chi connectivity index (χ0v) is 11.9. The van der Waals surface area contributed by atoms with Crippen LogP contribution in [0.25, 0.3) is 0 Å². The molecule has 114 valence electrons. The van der Waals surface area contributed by atoms with Crippen molar-refractivity contribution in [3.8, 4) is 0 Å². The molecular weight excluding hydrogens is 286 g/mol. The molecule has 0 saturated carbocycles. The number of fused-ring (bicyclic) bond motifs is 2. The largest absolute Gasteiger partial charge is 0.376 e. The maximum atomic E-state index is 12.4. The Labute approximate surface area is 126 Å². The van der Waals surface area contributed by atoms with Gasteiger partial charge >= 0.3 is 0 Å². The highest BCUT2D eigenvalue weighted by Crippen LogP contribution is 2.32. The third kappa shape index (κ3) is 2.34. The summed E-state index contributed by atoms with van der Waals surface area (Å²) in [6, 6.07) is 7.26. The smallest absolute Gasteiger partial charge is 0.261 e. The molecule has 1 aliphatic heterocycles. The molecule has 8 nitrogen and oxygen atoms in total. The first kappa shape index (κ1) is 14.2. The van der Waals surface area contributed by atoms with Gasteiger partial charge in [0.2, 0.25) is 5.95 Å². The molecule has 2 aromatic rings. The van der Waals surface area contributed by atoms with Gasteiger partial charge in [-0.15, -0.1) is 0 Å². The number of aryl methyl sites for hydroxylation is 1. The average Bonchev–Trinajstić information content (AvgIpc) is 2.64. The molecule has 1 aromatic carbocycles. The van der Waals surface area contributed by atoms with Crippen molar-refractivity contribution in [3.63, 3.8) is 0 Å². The Hall–Kier alpha value is -2.71. The zero-order chi connectivity index (χ0) is 15.7. The summed E-state index contributed by atoms with van der Waals surface area (Å²) in [4.78, 5) is 22.0. The fourth-order valence-electron chi connectivity index (χ4n) is 2.25. The molecule has 0 aliphatic carbocycles. The number of para-hydroxylation sites is 2. The molecule has 1 aromatic heterocycles. The van der Waals surface area contributed by atoms with Crippen molar-refractivity contribution < 1.29 is 15.0 Å². The normalized spacial score (nSPS) is 12.6. The topological polar surface area (TPSA) is 111 Å². The summed E-state index contributed by atoms with van der Waals surface area (Å²) in [5.74, 6) is 0.161. The van der Waals surface area contributed by atoms with Crippen LogP contribution in [0.3, 0.4) is 0 Å². The van der Waals surface area contributed by atoms with Gasteiger partial charge in [0.1, 0.15) is 24.8 Å². The molecule has 0 radical (unpaired) electrons. The number of rotatable bonds is 3. The van der Waals surface area contributed by atoms with Crippen LogP contribution in [-0.2, 0) is 0 Å². The van der Waals surface area contributed by atoms with Crippen LogP contribution in [0.4, 0.5) is 23.1 Å². The molecule has 0 unspecified atom stereocenters. The number of benzene rings is 1. The number of aliphatic hydroxyl groups excluding tert-OH is 2. The van der Waals surface area contributed by atoms with Crippen molar-refractivity contribution in [2.75, 3.05) is 29.0 Å². The summed E-state index contributed by atoms with van der Waals surface area (Å²) in [5.41, 5.74) is 2.13. The highest BCUT2D eigenvalue weighted by atomic mass is 16.3. The first-order valence-electron chi connectivity index (χ1n) is 6.66. The van der Waals surface area contributed by atoms with Gasteiger partial charge in [0.15, 0.2) is 0 Å². The van der Waals surface area contributed by atoms with E-state index in [1.807, 2.05) is 18.2 Å². The van der Waals surface area contributed by atoms with Crippen molar-refractivity contribution >= 4 is 29.0 Å². The minimum atomic E-state index is -0.433. The summed E-state index contributed by atoms with van der Waals surface area (Å²) < 4.78 is 0. The van der Waals surface area contributed by atoms with Crippen LogP contribution in [0, 0.1) is 6.92 Å². The van der Waals surface area contributed by atoms with Crippen LogP contribution in [0.5, 0.6) is 0 Å². The van der Waals surface area contributed by atoms with Crippen molar-refractivity contribution in [3.05, 3.63) is 35.5 Å². The van der Waals surface area contributed by atoms with Gasteiger partial charge in [-0.3, -0.25) is 9.69 Å². The summed E-state index contributed by atoms with van der Waals surface area (Å²) in [5, 5.41) is 24.3. The van der Waals surface area contributed by atoms with E-state index in [-0.39, 0.29) is 11.9 Å². The average molecular weight is 301 g/mol. The van der Waals surface area contributed by atoms with Crippen LogP contribution in [0.2, 0.25) is 0 Å². The number of nitrogens with one attached hydrogen (secondary N) is 2. The molecule has 0 spiro atoms. The fraction of sp³-hybridized carbons (Fsp3) is 0.214. The van der Waals surface area contributed by atoms with E-state index in [0.29, 0.717) is 28.5 Å². The number of hydrogen-bond acceptors (Lipinski definition) is 7. The van der Waals surface area contributed by atoms with Gasteiger partial charge in [-0.05, 0) is 19.1 Å². The van der Waals surface area contributed by atoms with E-state index >= 15 is 0 Å². The lowest BCUT2D eigenvalue weighted by Gasteiger charge is -2.19. The van der Waals surface area contributed by atoms with Gasteiger partial charge in [-0.25, -0.2) is 4.98 Å². The van der Waals surface area contributed by atoms with Crippen molar-refractivity contribution in [1.29, 1.82) is 0 Å². The van der Waals surface area contributed by atoms with Crippen LogP contribution >= 0.6 is 0 Å². The Morgan fingerprint density at radius 1 is 1.09 bits per heavy atom. The third-order valence-corrected chi connectivity index (χ3v) is 3.36. The Morgan fingerprint density at radius 3 is 2.36 bits per heavy atom. The number of nitrogens with zero attached hydrogens (tertiary/aromatic N) is 3. The van der Waals surface area contributed by atoms with E-state index in [0.717, 1.165) is 0 Å². The number of amides is 1. The monoisotopic (exact) mass is 301 g/mol. The molecule has 1 amide bonds. The van der Waals surface area contributed by atoms with Crippen molar-refractivity contribution in [2.24, 2.45) is 0 Å². The lowest BCUT2D eigenvalue weighted by atomic mass is 10.2. The molecule has 1 aliphatic rings. The number of hydrogen-bond donors (Lipinski definition) is 4. The molecule has 2 heterocycles. The van der Waals surface area contributed by atoms with Gasteiger partial charge in [0.25, 0.3) is 5.91 Å². The summed E-state index contributed by atoms with van der Waals surface area (Å²) >= 11 is 0. The molecule has 8 heteroatoms. The predicted octanol–water partition coefficient (Wildman–Crippen LogP) is 0.800. The zero-order valence-electron chi connectivity index (χ0n) is 11.9. The molecule has 0 saturated heterocycles. The Bertz CT molecular complexity index is 730. The Morgan fingerprint density at radius 2 is 1.73 bits per heavy atom. The summed E-state index contributed by atoms with van der Waals surface area (Å²) in [6.45, 7) is 0.809. The van der Waals surface area contributed by atoms with Crippen LogP contribution in [-0.4, -0.2) is 39.5 Å². The van der Waals surface area contributed by atoms with E-state index in [1.54, 1.807) is 13.0 Å². The summed E-state index contributed by atoms with van der Waals surface area (Å²) in [7, 11) is 0. The minimum Gasteiger partial charge on any atom is -0.376 e. The molecule has 4 N–H and O–H groups in total. The second-order valence-corrected chi connectivity index (χ2v) is 4.78. The predicted molar refractivity (Wildman–Crippen MR) is 81.1 cm³/mol. The Kier molecular flexibility index (Phi) is 3.61. The SMILES string of the molecule is Cc1nc(N(CO)CO)nc2c1C(=O)Nc1ccccc1N2. The van der Waals surface area contributed by atoms with E-state index in [9.17, 15) is 15.0 Å². The minimum absolute atomic E-state index is 0.140. The van der Waals surface area contributed by atoms with Crippen molar-refractivity contribution in [1.82, 2.24) is 9.97 Å². The number of anilines is 4. The highest BCUT2D eigenvalue weighted by molar-refractivity contribution is 6.12. The Balaban J connectivity index is 2.13. The third-order valence-electron chi connectivity index (χ3n) is 3.36. The molecule has 0 atom stereocenters. The standard InChI is InChI=1S/C14H15N5O3/c1-8-11-12(18-14(15-8)19(6-20)7-21)16-9-4-2-3-5-10(9)17-13(11)22/h2-5,20-21H,6-7H2,1H3,(H,17,22)(H,15,16,18). The van der Waals surface area contributed by atoms with Gasteiger partial charge in [-0.1, -0.05) is 12.1 Å². The molecule has 22 heavy (non-hydrogen) atoms. The van der Waals surface area contributed by atoms with E-state index < -0.39 is 13.5 Å². The van der Waals surface area contributed by atoms with E-state index in [1.165, 1.54) is 4.90 Å². The van der Waals surface area contributed by atoms with Crippen LogP contribution < -0.4 is 15.5 Å². The lowest BCUT2D eigenvalue weighted by Crippen LogP contribution is -2.28. The number of aliphatic hydroxyl groups is 2. The number of aromatic nitrogens is 2. The van der Waals surface area contributed by atoms with Crippen LogP contribution in [0.1, 0.15) is 16.1 Å². The maximum Gasteiger partial charge on any atom is 0.261 e. The van der Waals surface area contributed by atoms with Gasteiger partial charge in [0, 0.05) is 0 Å². The molecule has 3 rings (SSSR count). The first-order chi connectivity index (χ1) is 10.6. The fourth-order valence-corrected chi connectivity index (χ4v) is 2.25. The van der Waals surface area contributed by atoms with Crippen LogP contribution in [0.15, 0.2) is 24.3 Å². The second-order valence-electron chi connectivity index (χ2n) is 4.78. The molecule has 0 fully saturated rings.